The smallest absolute Gasteiger partial charge is 0.306 e. The molecule has 11 heavy (non-hydrogen) atoms. The van der Waals surface area contributed by atoms with Crippen LogP contribution in [0.15, 0.2) is 0 Å². The molecule has 2 N–H and O–H groups in total. The van der Waals surface area contributed by atoms with E-state index < -0.39 is 5.97 Å². The quantitative estimate of drug-likeness (QED) is 0.609. The van der Waals surface area contributed by atoms with Gasteiger partial charge in [0, 0.05) is 6.04 Å². The average Bonchev–Trinajstić information content (AvgIpc) is 2.60. The summed E-state index contributed by atoms with van der Waals surface area (Å²) in [7, 11) is 0. The second-order valence-corrected chi connectivity index (χ2v) is 3.55. The maximum Gasteiger partial charge on any atom is 0.306 e. The predicted molar refractivity (Wildman–Crippen MR) is 40.3 cm³/mol. The first-order valence-corrected chi connectivity index (χ1v) is 4.25. The van der Waals surface area contributed by atoms with Crippen LogP contribution in [0.1, 0.15) is 19.3 Å². The van der Waals surface area contributed by atoms with Gasteiger partial charge in [0.15, 0.2) is 0 Å². The largest absolute Gasteiger partial charge is 0.481 e. The second-order valence-electron chi connectivity index (χ2n) is 3.55. The maximum atomic E-state index is 10.5. The lowest BCUT2D eigenvalue weighted by Gasteiger charge is -2.06. The highest BCUT2D eigenvalue weighted by Crippen LogP contribution is 2.43. The van der Waals surface area contributed by atoms with Crippen LogP contribution < -0.4 is 5.32 Å². The van der Waals surface area contributed by atoms with E-state index in [1.54, 1.807) is 0 Å². The Bertz CT molecular complexity index is 175. The Morgan fingerprint density at radius 3 is 2.82 bits per heavy atom. The molecule has 1 aliphatic heterocycles. The summed E-state index contributed by atoms with van der Waals surface area (Å²) in [5.41, 5.74) is 0. The van der Waals surface area contributed by atoms with Gasteiger partial charge in [-0.2, -0.15) is 0 Å². The van der Waals surface area contributed by atoms with E-state index in [0.29, 0.717) is 12.0 Å². The first-order valence-electron chi connectivity index (χ1n) is 4.25. The van der Waals surface area contributed by atoms with E-state index in [1.807, 2.05) is 0 Å². The molecule has 0 amide bonds. The van der Waals surface area contributed by atoms with Gasteiger partial charge in [-0.1, -0.05) is 0 Å². The Kier molecular flexibility index (Phi) is 1.60. The lowest BCUT2D eigenvalue weighted by Crippen LogP contribution is -2.25. The third-order valence-corrected chi connectivity index (χ3v) is 2.77. The molecule has 2 aliphatic rings. The van der Waals surface area contributed by atoms with Crippen molar-refractivity contribution in [2.45, 2.75) is 25.3 Å². The van der Waals surface area contributed by atoms with Crippen molar-refractivity contribution in [1.29, 1.82) is 0 Å². The molecule has 0 aromatic rings. The van der Waals surface area contributed by atoms with E-state index in [4.69, 9.17) is 5.11 Å². The number of aliphatic carboxylic acids is 1. The number of hydrogen-bond acceptors (Lipinski definition) is 2. The van der Waals surface area contributed by atoms with E-state index in [-0.39, 0.29) is 5.92 Å². The topological polar surface area (TPSA) is 49.3 Å². The van der Waals surface area contributed by atoms with Crippen molar-refractivity contribution in [3.05, 3.63) is 0 Å². The van der Waals surface area contributed by atoms with Gasteiger partial charge < -0.3 is 10.4 Å². The summed E-state index contributed by atoms with van der Waals surface area (Å²) in [6.07, 6.45) is 3.29. The van der Waals surface area contributed by atoms with Crippen molar-refractivity contribution < 1.29 is 9.90 Å². The Labute approximate surface area is 65.8 Å². The molecule has 1 heterocycles. The van der Waals surface area contributed by atoms with E-state index in [1.165, 1.54) is 12.8 Å². The van der Waals surface area contributed by atoms with Crippen molar-refractivity contribution in [2.24, 2.45) is 11.8 Å². The molecule has 1 aliphatic carbocycles. The number of carboxylic acid groups (broad SMARTS) is 1. The Morgan fingerprint density at radius 1 is 1.55 bits per heavy atom. The summed E-state index contributed by atoms with van der Waals surface area (Å²) < 4.78 is 0. The van der Waals surface area contributed by atoms with Gasteiger partial charge in [0.25, 0.3) is 0 Å². The number of carboxylic acids is 1. The highest BCUT2D eigenvalue weighted by molar-refractivity contribution is 5.73. The number of carbonyl (C=O) groups is 1. The van der Waals surface area contributed by atoms with Crippen molar-refractivity contribution in [3.63, 3.8) is 0 Å². The molecule has 62 valence electrons. The lowest BCUT2D eigenvalue weighted by molar-refractivity contribution is -0.138. The zero-order valence-electron chi connectivity index (χ0n) is 6.42. The van der Waals surface area contributed by atoms with Gasteiger partial charge in [0.05, 0.1) is 5.92 Å². The number of rotatable bonds is 2. The minimum absolute atomic E-state index is 0.0365. The molecular weight excluding hydrogens is 142 g/mol. The van der Waals surface area contributed by atoms with E-state index >= 15 is 0 Å². The minimum Gasteiger partial charge on any atom is -0.481 e. The zero-order chi connectivity index (χ0) is 7.84. The van der Waals surface area contributed by atoms with Crippen molar-refractivity contribution in [1.82, 2.24) is 5.32 Å². The minimum atomic E-state index is -0.608. The van der Waals surface area contributed by atoms with Gasteiger partial charge in [0.1, 0.15) is 0 Å². The molecule has 0 aromatic carbocycles. The fraction of sp³-hybridized carbons (Fsp3) is 0.875. The summed E-state index contributed by atoms with van der Waals surface area (Å²) in [4.78, 5) is 10.5. The summed E-state index contributed by atoms with van der Waals surface area (Å²) in [5, 5.41) is 12.0. The molecule has 0 bridgehead atoms. The molecule has 3 unspecified atom stereocenters. The van der Waals surface area contributed by atoms with E-state index in [0.717, 1.165) is 13.0 Å². The van der Waals surface area contributed by atoms with Gasteiger partial charge in [-0.05, 0) is 31.7 Å². The SMILES string of the molecule is O=C(O)C1CC1C1CCCN1. The van der Waals surface area contributed by atoms with Crippen LogP contribution in [0.2, 0.25) is 0 Å². The summed E-state index contributed by atoms with van der Waals surface area (Å²) in [6.45, 7) is 1.08. The third-order valence-electron chi connectivity index (χ3n) is 2.77. The maximum absolute atomic E-state index is 10.5. The molecule has 3 heteroatoms. The van der Waals surface area contributed by atoms with Crippen LogP contribution in [0.5, 0.6) is 0 Å². The fourth-order valence-electron chi connectivity index (χ4n) is 2.02. The van der Waals surface area contributed by atoms with Crippen LogP contribution in [0.25, 0.3) is 0 Å². The van der Waals surface area contributed by atoms with Gasteiger partial charge in [-0.25, -0.2) is 0 Å². The third kappa shape index (κ3) is 1.25. The molecular formula is C8H13NO2. The molecule has 1 saturated carbocycles. The van der Waals surface area contributed by atoms with Crippen LogP contribution >= 0.6 is 0 Å². The summed E-state index contributed by atoms with van der Waals surface area (Å²) in [5.74, 6) is -0.204. The van der Waals surface area contributed by atoms with E-state index in [2.05, 4.69) is 5.32 Å². The van der Waals surface area contributed by atoms with Gasteiger partial charge in [-0.15, -0.1) is 0 Å². The van der Waals surface area contributed by atoms with Gasteiger partial charge >= 0.3 is 5.97 Å². The molecule has 0 radical (unpaired) electrons. The standard InChI is InChI=1S/C8H13NO2/c10-8(11)6-4-5(6)7-2-1-3-9-7/h5-7,9H,1-4H2,(H,10,11). The summed E-state index contributed by atoms with van der Waals surface area (Å²) >= 11 is 0. The lowest BCUT2D eigenvalue weighted by atomic mass is 10.1. The molecule has 0 spiro atoms. The molecule has 3 atom stereocenters. The predicted octanol–water partition coefficient (Wildman–Crippen LogP) is 0.459. The molecule has 1 saturated heterocycles. The summed E-state index contributed by atoms with van der Waals surface area (Å²) in [6, 6.07) is 0.510. The van der Waals surface area contributed by atoms with Crippen LogP contribution in [0.4, 0.5) is 0 Å². The molecule has 2 fully saturated rings. The second kappa shape index (κ2) is 2.48. The Balaban J connectivity index is 1.85. The van der Waals surface area contributed by atoms with Crippen LogP contribution in [-0.2, 0) is 4.79 Å². The first kappa shape index (κ1) is 7.10. The molecule has 0 aromatic heterocycles. The van der Waals surface area contributed by atoms with Gasteiger partial charge in [-0.3, -0.25) is 4.79 Å². The molecule has 3 nitrogen and oxygen atoms in total. The van der Waals surface area contributed by atoms with Crippen LogP contribution in [0, 0.1) is 11.8 Å². The first-order chi connectivity index (χ1) is 5.29. The average molecular weight is 155 g/mol. The highest BCUT2D eigenvalue weighted by atomic mass is 16.4. The van der Waals surface area contributed by atoms with Crippen molar-refractivity contribution in [2.75, 3.05) is 6.54 Å². The monoisotopic (exact) mass is 155 g/mol. The van der Waals surface area contributed by atoms with Crippen molar-refractivity contribution in [3.8, 4) is 0 Å². The van der Waals surface area contributed by atoms with E-state index in [9.17, 15) is 4.79 Å². The Morgan fingerprint density at radius 2 is 2.36 bits per heavy atom. The normalized spacial score (nSPS) is 42.4. The molecule has 2 rings (SSSR count). The van der Waals surface area contributed by atoms with Crippen LogP contribution in [0.3, 0.4) is 0 Å². The number of hydrogen-bond donors (Lipinski definition) is 2. The Hall–Kier alpha value is -0.570. The zero-order valence-corrected chi connectivity index (χ0v) is 6.42. The fourth-order valence-corrected chi connectivity index (χ4v) is 2.02. The number of nitrogens with one attached hydrogen (secondary N) is 1. The van der Waals surface area contributed by atoms with Crippen molar-refractivity contribution >= 4 is 5.97 Å². The van der Waals surface area contributed by atoms with Gasteiger partial charge in [0.2, 0.25) is 0 Å². The van der Waals surface area contributed by atoms with Crippen LogP contribution in [-0.4, -0.2) is 23.7 Å². The highest BCUT2D eigenvalue weighted by Gasteiger charge is 2.48.